The number of ether oxygens (including phenoxy) is 1. The summed E-state index contributed by atoms with van der Waals surface area (Å²) in [6, 6.07) is 6.42. The highest BCUT2D eigenvalue weighted by Gasteiger charge is 2.39. The van der Waals surface area contributed by atoms with Gasteiger partial charge in [-0.3, -0.25) is 0 Å². The van der Waals surface area contributed by atoms with Gasteiger partial charge in [0.1, 0.15) is 5.75 Å². The fraction of sp³-hybridized carbons (Fsp3) is 0.600. The molecule has 0 aliphatic heterocycles. The first-order chi connectivity index (χ1) is 8.63. The topological polar surface area (TPSA) is 9.23 Å². The van der Waals surface area contributed by atoms with Gasteiger partial charge in [0.2, 0.25) is 0 Å². The van der Waals surface area contributed by atoms with E-state index in [1.54, 1.807) is 7.11 Å². The summed E-state index contributed by atoms with van der Waals surface area (Å²) < 4.78 is 6.33. The molecule has 1 aliphatic rings. The number of halogens is 2. The Labute approximate surface area is 127 Å². The van der Waals surface area contributed by atoms with Crippen molar-refractivity contribution in [1.82, 2.24) is 0 Å². The number of hydrogen-bond donors (Lipinski definition) is 0. The maximum Gasteiger partial charge on any atom is 0.133 e. The van der Waals surface area contributed by atoms with Crippen LogP contribution in [-0.2, 0) is 0 Å². The van der Waals surface area contributed by atoms with Crippen molar-refractivity contribution in [1.29, 1.82) is 0 Å². The van der Waals surface area contributed by atoms with Crippen molar-refractivity contribution in [3.05, 3.63) is 28.2 Å². The molecular weight excluding hydrogens is 356 g/mol. The predicted octanol–water partition coefficient (Wildman–Crippen LogP) is 5.86. The average molecular weight is 376 g/mol. The zero-order chi connectivity index (χ0) is 13.2. The number of rotatable bonds is 4. The molecule has 1 atom stereocenters. The second-order valence-electron chi connectivity index (χ2n) is 5.18. The van der Waals surface area contributed by atoms with Gasteiger partial charge in [-0.25, -0.2) is 0 Å². The third-order valence-corrected chi connectivity index (χ3v) is 6.43. The quantitative estimate of drug-likeness (QED) is 0.598. The van der Waals surface area contributed by atoms with Gasteiger partial charge in [-0.1, -0.05) is 41.8 Å². The third-order valence-electron chi connectivity index (χ3n) is 4.31. The molecule has 0 radical (unpaired) electrons. The van der Waals surface area contributed by atoms with Crippen LogP contribution < -0.4 is 4.74 Å². The first-order valence-corrected chi connectivity index (χ1v) is 8.31. The number of methoxy groups -OCH3 is 1. The maximum absolute atomic E-state index is 5.29. The van der Waals surface area contributed by atoms with Crippen molar-refractivity contribution in [2.24, 2.45) is 5.41 Å². The van der Waals surface area contributed by atoms with Gasteiger partial charge in [-0.05, 0) is 58.3 Å². The Kier molecular flexibility index (Phi) is 4.76. The monoisotopic (exact) mass is 374 g/mol. The van der Waals surface area contributed by atoms with Crippen LogP contribution in [0.1, 0.15) is 49.4 Å². The molecule has 0 saturated heterocycles. The molecule has 1 aromatic carbocycles. The lowest BCUT2D eigenvalue weighted by molar-refractivity contribution is 0.279. The maximum atomic E-state index is 5.29. The van der Waals surface area contributed by atoms with Gasteiger partial charge in [0.15, 0.2) is 0 Å². The van der Waals surface area contributed by atoms with Crippen LogP contribution in [-0.4, -0.2) is 7.11 Å². The SMILES string of the molecule is CCC1(C(Br)c2ccc(OC)c(Br)c2)CCCC1. The summed E-state index contributed by atoms with van der Waals surface area (Å²) in [7, 11) is 1.70. The van der Waals surface area contributed by atoms with Crippen molar-refractivity contribution in [2.75, 3.05) is 7.11 Å². The molecule has 0 spiro atoms. The summed E-state index contributed by atoms with van der Waals surface area (Å²) in [6.45, 7) is 2.32. The molecule has 3 heteroatoms. The number of alkyl halides is 1. The summed E-state index contributed by atoms with van der Waals surface area (Å²) in [5, 5.41) is 0. The molecule has 1 saturated carbocycles. The minimum atomic E-state index is 0.439. The molecule has 100 valence electrons. The molecule has 18 heavy (non-hydrogen) atoms. The van der Waals surface area contributed by atoms with Gasteiger partial charge < -0.3 is 4.74 Å². The van der Waals surface area contributed by atoms with Crippen LogP contribution in [0.5, 0.6) is 5.75 Å². The molecule has 0 bridgehead atoms. The highest BCUT2D eigenvalue weighted by atomic mass is 79.9. The Morgan fingerprint density at radius 2 is 2.00 bits per heavy atom. The fourth-order valence-corrected chi connectivity index (χ4v) is 4.68. The summed E-state index contributed by atoms with van der Waals surface area (Å²) in [4.78, 5) is 0.444. The zero-order valence-electron chi connectivity index (χ0n) is 11.0. The van der Waals surface area contributed by atoms with Crippen molar-refractivity contribution in [3.8, 4) is 5.75 Å². The Hall–Kier alpha value is -0.0200. The minimum Gasteiger partial charge on any atom is -0.496 e. The Morgan fingerprint density at radius 1 is 1.33 bits per heavy atom. The van der Waals surface area contributed by atoms with Gasteiger partial charge >= 0.3 is 0 Å². The summed E-state index contributed by atoms with van der Waals surface area (Å²) in [6.07, 6.45) is 6.65. The van der Waals surface area contributed by atoms with Crippen LogP contribution in [0.15, 0.2) is 22.7 Å². The molecule has 1 fully saturated rings. The van der Waals surface area contributed by atoms with E-state index in [1.807, 2.05) is 6.07 Å². The van der Waals surface area contributed by atoms with Crippen LogP contribution in [0.2, 0.25) is 0 Å². The van der Waals surface area contributed by atoms with Gasteiger partial charge in [-0.2, -0.15) is 0 Å². The van der Waals surface area contributed by atoms with E-state index in [-0.39, 0.29) is 0 Å². The summed E-state index contributed by atoms with van der Waals surface area (Å²) in [5.74, 6) is 0.899. The van der Waals surface area contributed by atoms with Gasteiger partial charge in [0.25, 0.3) is 0 Å². The average Bonchev–Trinajstić information content (AvgIpc) is 2.87. The van der Waals surface area contributed by atoms with Crippen molar-refractivity contribution in [2.45, 2.75) is 43.9 Å². The molecular formula is C15H20Br2O. The van der Waals surface area contributed by atoms with Gasteiger partial charge in [0, 0.05) is 4.83 Å². The standard InChI is InChI=1S/C15H20Br2O/c1-3-15(8-4-5-9-15)14(17)11-6-7-13(18-2)12(16)10-11/h6-7,10,14H,3-5,8-9H2,1-2H3. The Morgan fingerprint density at radius 3 is 2.50 bits per heavy atom. The molecule has 0 heterocycles. The Bertz CT molecular complexity index is 411. The lowest BCUT2D eigenvalue weighted by Crippen LogP contribution is -2.21. The Balaban J connectivity index is 2.27. The lowest BCUT2D eigenvalue weighted by Gasteiger charge is -2.33. The van der Waals surface area contributed by atoms with E-state index in [0.29, 0.717) is 10.2 Å². The fourth-order valence-electron chi connectivity index (χ4n) is 3.06. The second-order valence-corrected chi connectivity index (χ2v) is 6.95. The van der Waals surface area contributed by atoms with E-state index >= 15 is 0 Å². The van der Waals surface area contributed by atoms with Crippen LogP contribution in [0.3, 0.4) is 0 Å². The normalized spacial score (nSPS) is 19.8. The van der Waals surface area contributed by atoms with Crippen molar-refractivity contribution in [3.63, 3.8) is 0 Å². The first kappa shape index (κ1) is 14.4. The van der Waals surface area contributed by atoms with Crippen molar-refractivity contribution < 1.29 is 4.74 Å². The molecule has 0 aromatic heterocycles. The van der Waals surface area contributed by atoms with Crippen LogP contribution >= 0.6 is 31.9 Å². The van der Waals surface area contributed by atoms with Gasteiger partial charge in [0.05, 0.1) is 11.6 Å². The van der Waals surface area contributed by atoms with E-state index < -0.39 is 0 Å². The number of hydrogen-bond acceptors (Lipinski definition) is 1. The van der Waals surface area contributed by atoms with E-state index in [9.17, 15) is 0 Å². The molecule has 2 rings (SSSR count). The van der Waals surface area contributed by atoms with Crippen molar-refractivity contribution >= 4 is 31.9 Å². The van der Waals surface area contributed by atoms with Crippen LogP contribution in [0.4, 0.5) is 0 Å². The zero-order valence-corrected chi connectivity index (χ0v) is 14.2. The van der Waals surface area contributed by atoms with E-state index in [4.69, 9.17) is 4.74 Å². The molecule has 1 aromatic rings. The third kappa shape index (κ3) is 2.62. The molecule has 0 N–H and O–H groups in total. The highest BCUT2D eigenvalue weighted by Crippen LogP contribution is 2.54. The predicted molar refractivity (Wildman–Crippen MR) is 83.6 cm³/mol. The van der Waals surface area contributed by atoms with Crippen LogP contribution in [0.25, 0.3) is 0 Å². The molecule has 1 aliphatic carbocycles. The smallest absolute Gasteiger partial charge is 0.133 e. The van der Waals surface area contributed by atoms with Gasteiger partial charge in [-0.15, -0.1) is 0 Å². The minimum absolute atomic E-state index is 0.439. The first-order valence-electron chi connectivity index (χ1n) is 6.60. The van der Waals surface area contributed by atoms with E-state index in [0.717, 1.165) is 10.2 Å². The second kappa shape index (κ2) is 5.96. The largest absolute Gasteiger partial charge is 0.496 e. The van der Waals surface area contributed by atoms with Crippen LogP contribution in [0, 0.1) is 5.41 Å². The summed E-state index contributed by atoms with van der Waals surface area (Å²) >= 11 is 7.53. The lowest BCUT2D eigenvalue weighted by atomic mass is 9.77. The molecule has 0 amide bonds. The number of benzene rings is 1. The molecule has 1 unspecified atom stereocenters. The highest BCUT2D eigenvalue weighted by molar-refractivity contribution is 9.10. The molecule has 1 nitrogen and oxygen atoms in total. The van der Waals surface area contributed by atoms with E-state index in [1.165, 1.54) is 37.7 Å². The summed E-state index contributed by atoms with van der Waals surface area (Å²) in [5.41, 5.74) is 1.79. The van der Waals surface area contributed by atoms with E-state index in [2.05, 4.69) is 50.9 Å².